The van der Waals surface area contributed by atoms with Gasteiger partial charge in [0.25, 0.3) is 5.91 Å². The van der Waals surface area contributed by atoms with Gasteiger partial charge < -0.3 is 14.8 Å². The summed E-state index contributed by atoms with van der Waals surface area (Å²) in [5, 5.41) is 11.8. The molecule has 0 saturated heterocycles. The van der Waals surface area contributed by atoms with E-state index in [9.17, 15) is 4.79 Å². The molecule has 2 atom stereocenters. The van der Waals surface area contributed by atoms with Gasteiger partial charge in [-0.05, 0) is 39.3 Å². The summed E-state index contributed by atoms with van der Waals surface area (Å²) in [5.74, 6) is 0.763. The summed E-state index contributed by atoms with van der Waals surface area (Å²) in [6.45, 7) is 7.94. The monoisotopic (exact) mass is 290 g/mol. The lowest BCUT2D eigenvalue weighted by Gasteiger charge is -2.19. The number of nitriles is 1. The van der Waals surface area contributed by atoms with Gasteiger partial charge in [0.05, 0.1) is 18.2 Å². The first-order valence-corrected chi connectivity index (χ1v) is 7.15. The first kappa shape index (κ1) is 16.8. The molecular formula is C16H22N2O3. The molecule has 5 nitrogen and oxygen atoms in total. The number of hydrogen-bond donors (Lipinski definition) is 1. The number of hydrogen-bond acceptors (Lipinski definition) is 4. The highest BCUT2D eigenvalue weighted by molar-refractivity contribution is 5.81. The number of carbonyl (C=O) groups is 1. The van der Waals surface area contributed by atoms with Gasteiger partial charge >= 0.3 is 0 Å². The summed E-state index contributed by atoms with van der Waals surface area (Å²) in [5.41, 5.74) is 0.488. The second kappa shape index (κ2) is 8.15. The van der Waals surface area contributed by atoms with Crippen LogP contribution in [0.25, 0.3) is 0 Å². The fourth-order valence-corrected chi connectivity index (χ4v) is 1.65. The number of carbonyl (C=O) groups excluding carboxylic acids is 1. The minimum Gasteiger partial charge on any atom is -0.490 e. The molecule has 0 aliphatic heterocycles. The van der Waals surface area contributed by atoms with Gasteiger partial charge in [0.15, 0.2) is 17.6 Å². The maximum absolute atomic E-state index is 12.0. The van der Waals surface area contributed by atoms with Crippen LogP contribution in [0.15, 0.2) is 18.2 Å². The Labute approximate surface area is 125 Å². The molecule has 0 aromatic heterocycles. The highest BCUT2D eigenvalue weighted by atomic mass is 16.5. The fraction of sp³-hybridized carbons (Fsp3) is 0.500. The Morgan fingerprint density at radius 1 is 1.33 bits per heavy atom. The van der Waals surface area contributed by atoms with E-state index < -0.39 is 6.10 Å². The first-order valence-electron chi connectivity index (χ1n) is 7.15. The van der Waals surface area contributed by atoms with Gasteiger partial charge in [-0.25, -0.2) is 0 Å². The van der Waals surface area contributed by atoms with E-state index in [2.05, 4.69) is 5.32 Å². The van der Waals surface area contributed by atoms with Crippen LogP contribution in [-0.2, 0) is 4.79 Å². The zero-order valence-corrected chi connectivity index (χ0v) is 13.0. The first-order chi connectivity index (χ1) is 10.0. The Morgan fingerprint density at radius 3 is 2.62 bits per heavy atom. The Balaban J connectivity index is 2.81. The van der Waals surface area contributed by atoms with Gasteiger partial charge in [0.2, 0.25) is 0 Å². The third-order valence-electron chi connectivity index (χ3n) is 3.05. The van der Waals surface area contributed by atoms with Gasteiger partial charge in [-0.1, -0.05) is 6.92 Å². The topological polar surface area (TPSA) is 71.3 Å². The average Bonchev–Trinajstić information content (AvgIpc) is 2.48. The van der Waals surface area contributed by atoms with Crippen molar-refractivity contribution in [3.8, 4) is 17.6 Å². The summed E-state index contributed by atoms with van der Waals surface area (Å²) in [6, 6.07) is 7.05. The third kappa shape index (κ3) is 4.99. The lowest BCUT2D eigenvalue weighted by Crippen LogP contribution is -2.41. The molecule has 1 rings (SSSR count). The number of nitrogens with one attached hydrogen (secondary N) is 1. The highest BCUT2D eigenvalue weighted by Crippen LogP contribution is 2.29. The van der Waals surface area contributed by atoms with Crippen molar-refractivity contribution in [1.82, 2.24) is 5.32 Å². The standard InChI is InChI=1S/C16H22N2O3/c1-5-11(3)18-16(19)12(4)21-14-8-7-13(10-17)9-15(14)20-6-2/h7-9,11-12H,5-6H2,1-4H3,(H,18,19). The number of ether oxygens (including phenoxy) is 2. The molecule has 114 valence electrons. The largest absolute Gasteiger partial charge is 0.490 e. The van der Waals surface area contributed by atoms with E-state index in [0.29, 0.717) is 23.7 Å². The molecule has 0 radical (unpaired) electrons. The van der Waals surface area contributed by atoms with Crippen LogP contribution in [0.3, 0.4) is 0 Å². The second-order valence-electron chi connectivity index (χ2n) is 4.78. The van der Waals surface area contributed by atoms with Crippen LogP contribution in [0.2, 0.25) is 0 Å². The normalized spacial score (nSPS) is 12.9. The van der Waals surface area contributed by atoms with Crippen LogP contribution in [-0.4, -0.2) is 24.7 Å². The van der Waals surface area contributed by atoms with E-state index in [4.69, 9.17) is 14.7 Å². The summed E-state index contributed by atoms with van der Waals surface area (Å²) in [7, 11) is 0. The van der Waals surface area contributed by atoms with Crippen LogP contribution < -0.4 is 14.8 Å². The second-order valence-corrected chi connectivity index (χ2v) is 4.78. The molecule has 0 spiro atoms. The lowest BCUT2D eigenvalue weighted by atomic mass is 10.2. The molecular weight excluding hydrogens is 268 g/mol. The molecule has 1 aromatic rings. The van der Waals surface area contributed by atoms with Crippen molar-refractivity contribution in [1.29, 1.82) is 5.26 Å². The molecule has 0 fully saturated rings. The Kier molecular flexibility index (Phi) is 6.54. The quantitative estimate of drug-likeness (QED) is 0.838. The number of benzene rings is 1. The van der Waals surface area contributed by atoms with Crippen LogP contribution in [0.1, 0.15) is 39.7 Å². The zero-order chi connectivity index (χ0) is 15.8. The SMILES string of the molecule is CCOc1cc(C#N)ccc1OC(C)C(=O)NC(C)CC. The molecule has 2 unspecified atom stereocenters. The summed E-state index contributed by atoms with van der Waals surface area (Å²) in [4.78, 5) is 12.0. The van der Waals surface area contributed by atoms with Crippen LogP contribution in [0, 0.1) is 11.3 Å². The summed E-state index contributed by atoms with van der Waals surface area (Å²) >= 11 is 0. The maximum atomic E-state index is 12.0. The zero-order valence-electron chi connectivity index (χ0n) is 13.0. The van der Waals surface area contributed by atoms with Crippen LogP contribution in [0.5, 0.6) is 11.5 Å². The lowest BCUT2D eigenvalue weighted by molar-refractivity contribution is -0.127. The van der Waals surface area contributed by atoms with Crippen LogP contribution in [0.4, 0.5) is 0 Å². The van der Waals surface area contributed by atoms with Gasteiger partial charge in [-0.3, -0.25) is 4.79 Å². The van der Waals surface area contributed by atoms with Crippen molar-refractivity contribution in [3.05, 3.63) is 23.8 Å². The van der Waals surface area contributed by atoms with Gasteiger partial charge in [0.1, 0.15) is 0 Å². The molecule has 0 bridgehead atoms. The molecule has 1 N–H and O–H groups in total. The molecule has 0 aliphatic rings. The summed E-state index contributed by atoms with van der Waals surface area (Å²) in [6.07, 6.45) is 0.227. The average molecular weight is 290 g/mol. The Bertz CT molecular complexity index is 523. The molecule has 1 aromatic carbocycles. The van der Waals surface area contributed by atoms with Crippen LogP contribution >= 0.6 is 0 Å². The van der Waals surface area contributed by atoms with E-state index in [-0.39, 0.29) is 11.9 Å². The molecule has 1 amide bonds. The summed E-state index contributed by atoms with van der Waals surface area (Å²) < 4.78 is 11.1. The minimum atomic E-state index is -0.633. The molecule has 0 saturated carbocycles. The van der Waals surface area contributed by atoms with E-state index in [1.54, 1.807) is 25.1 Å². The Hall–Kier alpha value is -2.22. The highest BCUT2D eigenvalue weighted by Gasteiger charge is 2.18. The molecule has 5 heteroatoms. The van der Waals surface area contributed by atoms with Crippen molar-refractivity contribution < 1.29 is 14.3 Å². The Morgan fingerprint density at radius 2 is 2.05 bits per heavy atom. The van der Waals surface area contributed by atoms with E-state index in [1.807, 2.05) is 26.8 Å². The van der Waals surface area contributed by atoms with E-state index in [0.717, 1.165) is 6.42 Å². The van der Waals surface area contributed by atoms with Gasteiger partial charge in [0, 0.05) is 12.1 Å². The van der Waals surface area contributed by atoms with Crippen molar-refractivity contribution >= 4 is 5.91 Å². The number of amides is 1. The molecule has 0 aliphatic carbocycles. The smallest absolute Gasteiger partial charge is 0.260 e. The van der Waals surface area contributed by atoms with Crippen molar-refractivity contribution in [3.63, 3.8) is 0 Å². The van der Waals surface area contributed by atoms with E-state index >= 15 is 0 Å². The predicted octanol–water partition coefficient (Wildman–Crippen LogP) is 2.64. The number of nitrogens with zero attached hydrogens (tertiary/aromatic N) is 1. The maximum Gasteiger partial charge on any atom is 0.260 e. The third-order valence-corrected chi connectivity index (χ3v) is 3.05. The molecule has 21 heavy (non-hydrogen) atoms. The fourth-order valence-electron chi connectivity index (χ4n) is 1.65. The van der Waals surface area contributed by atoms with Crippen molar-refractivity contribution in [2.75, 3.05) is 6.61 Å². The van der Waals surface area contributed by atoms with Gasteiger partial charge in [-0.15, -0.1) is 0 Å². The number of rotatable bonds is 7. The van der Waals surface area contributed by atoms with Crippen molar-refractivity contribution in [2.24, 2.45) is 0 Å². The van der Waals surface area contributed by atoms with Crippen molar-refractivity contribution in [2.45, 2.75) is 46.3 Å². The van der Waals surface area contributed by atoms with Gasteiger partial charge in [-0.2, -0.15) is 5.26 Å². The minimum absolute atomic E-state index is 0.107. The predicted molar refractivity (Wildman–Crippen MR) is 80.3 cm³/mol. The van der Waals surface area contributed by atoms with E-state index in [1.165, 1.54) is 0 Å². The molecule has 0 heterocycles.